The first-order valence-corrected chi connectivity index (χ1v) is 5.30. The summed E-state index contributed by atoms with van der Waals surface area (Å²) in [6.45, 7) is 7.96. The topological polar surface area (TPSA) is 43.1 Å². The van der Waals surface area contributed by atoms with E-state index in [2.05, 4.69) is 0 Å². The predicted molar refractivity (Wildman–Crippen MR) is 63.1 cm³/mol. The van der Waals surface area contributed by atoms with Crippen molar-refractivity contribution in [3.05, 3.63) is 34.9 Å². The third-order valence-electron chi connectivity index (χ3n) is 2.81. The predicted octanol–water partition coefficient (Wildman–Crippen LogP) is 2.47. The fourth-order valence-corrected chi connectivity index (χ4v) is 1.39. The number of Topliss-reactive ketones (excluding diaryl/α,β-unsaturated/α-hetero) is 1. The summed E-state index contributed by atoms with van der Waals surface area (Å²) in [5, 5.41) is 0. The minimum Gasteiger partial charge on any atom is -0.321 e. The van der Waals surface area contributed by atoms with E-state index in [9.17, 15) is 4.79 Å². The number of carbonyl (C=O) groups excluding carboxylic acids is 1. The standard InChI is InChI=1S/C13H19NO/c1-8(2)12(14)13(15)11-6-5-9(3)10(4)7-11/h5-8,12H,14H2,1-4H3. The lowest BCUT2D eigenvalue weighted by Crippen LogP contribution is -2.35. The highest BCUT2D eigenvalue weighted by Gasteiger charge is 2.18. The maximum atomic E-state index is 11.9. The second kappa shape index (κ2) is 4.58. The summed E-state index contributed by atoms with van der Waals surface area (Å²) in [5.41, 5.74) is 8.89. The number of ketones is 1. The minimum atomic E-state index is -0.396. The number of carbonyl (C=O) groups is 1. The Hall–Kier alpha value is -1.15. The van der Waals surface area contributed by atoms with Crippen LogP contribution < -0.4 is 5.73 Å². The van der Waals surface area contributed by atoms with E-state index in [1.54, 1.807) is 0 Å². The number of hydrogen-bond acceptors (Lipinski definition) is 2. The van der Waals surface area contributed by atoms with Gasteiger partial charge in [-0.2, -0.15) is 0 Å². The quantitative estimate of drug-likeness (QED) is 0.770. The molecule has 0 spiro atoms. The van der Waals surface area contributed by atoms with Gasteiger partial charge < -0.3 is 5.73 Å². The maximum Gasteiger partial charge on any atom is 0.179 e. The van der Waals surface area contributed by atoms with Gasteiger partial charge in [0.2, 0.25) is 0 Å². The Balaban J connectivity index is 2.97. The van der Waals surface area contributed by atoms with Gasteiger partial charge in [-0.3, -0.25) is 4.79 Å². The van der Waals surface area contributed by atoms with Crippen molar-refractivity contribution in [1.82, 2.24) is 0 Å². The third-order valence-corrected chi connectivity index (χ3v) is 2.81. The second-order valence-electron chi connectivity index (χ2n) is 4.43. The van der Waals surface area contributed by atoms with E-state index in [1.165, 1.54) is 5.56 Å². The number of hydrogen-bond donors (Lipinski definition) is 1. The van der Waals surface area contributed by atoms with Gasteiger partial charge in [0.25, 0.3) is 0 Å². The summed E-state index contributed by atoms with van der Waals surface area (Å²) >= 11 is 0. The van der Waals surface area contributed by atoms with Gasteiger partial charge in [-0.1, -0.05) is 26.0 Å². The molecule has 0 saturated carbocycles. The van der Waals surface area contributed by atoms with Crippen molar-refractivity contribution in [2.24, 2.45) is 11.7 Å². The first kappa shape index (κ1) is 11.9. The molecule has 1 rings (SSSR count). The van der Waals surface area contributed by atoms with Crippen molar-refractivity contribution in [1.29, 1.82) is 0 Å². The molecule has 82 valence electrons. The Morgan fingerprint density at radius 2 is 1.80 bits per heavy atom. The van der Waals surface area contributed by atoms with E-state index in [4.69, 9.17) is 5.73 Å². The molecular weight excluding hydrogens is 186 g/mol. The minimum absolute atomic E-state index is 0.0353. The molecule has 0 fully saturated rings. The van der Waals surface area contributed by atoms with Crippen LogP contribution in [0.15, 0.2) is 18.2 Å². The Morgan fingerprint density at radius 3 is 2.27 bits per heavy atom. The fraction of sp³-hybridized carbons (Fsp3) is 0.462. The van der Waals surface area contributed by atoms with Gasteiger partial charge in [0.1, 0.15) is 0 Å². The first-order chi connectivity index (χ1) is 6.93. The molecular formula is C13H19NO. The van der Waals surface area contributed by atoms with Crippen molar-refractivity contribution < 1.29 is 4.79 Å². The molecule has 0 aliphatic carbocycles. The molecule has 1 atom stereocenters. The number of nitrogens with two attached hydrogens (primary N) is 1. The highest BCUT2D eigenvalue weighted by atomic mass is 16.1. The van der Waals surface area contributed by atoms with Crippen LogP contribution in [0, 0.1) is 19.8 Å². The van der Waals surface area contributed by atoms with Crippen molar-refractivity contribution in [2.75, 3.05) is 0 Å². The Labute approximate surface area is 91.5 Å². The van der Waals surface area contributed by atoms with Crippen LogP contribution in [-0.2, 0) is 0 Å². The molecule has 2 heteroatoms. The average molecular weight is 205 g/mol. The molecule has 0 aromatic heterocycles. The molecule has 0 bridgehead atoms. The smallest absolute Gasteiger partial charge is 0.179 e. The Bertz CT molecular complexity index is 369. The number of benzene rings is 1. The van der Waals surface area contributed by atoms with Crippen molar-refractivity contribution >= 4 is 5.78 Å². The molecule has 0 heterocycles. The summed E-state index contributed by atoms with van der Waals surface area (Å²) in [5.74, 6) is 0.215. The van der Waals surface area contributed by atoms with Gasteiger partial charge in [-0.15, -0.1) is 0 Å². The molecule has 0 amide bonds. The largest absolute Gasteiger partial charge is 0.321 e. The maximum absolute atomic E-state index is 11.9. The van der Waals surface area contributed by atoms with E-state index in [-0.39, 0.29) is 11.7 Å². The van der Waals surface area contributed by atoms with E-state index < -0.39 is 6.04 Å². The summed E-state index contributed by atoms with van der Waals surface area (Å²) in [6, 6.07) is 5.34. The van der Waals surface area contributed by atoms with Crippen molar-refractivity contribution in [3.63, 3.8) is 0 Å². The van der Waals surface area contributed by atoms with E-state index in [0.29, 0.717) is 0 Å². The average Bonchev–Trinajstić information content (AvgIpc) is 2.19. The van der Waals surface area contributed by atoms with Crippen LogP contribution >= 0.6 is 0 Å². The second-order valence-corrected chi connectivity index (χ2v) is 4.43. The Kier molecular flexibility index (Phi) is 3.64. The molecule has 0 aliphatic rings. The monoisotopic (exact) mass is 205 g/mol. The third kappa shape index (κ3) is 2.66. The van der Waals surface area contributed by atoms with Gasteiger partial charge in [-0.05, 0) is 37.0 Å². The van der Waals surface area contributed by atoms with E-state index >= 15 is 0 Å². The molecule has 2 nitrogen and oxygen atoms in total. The van der Waals surface area contributed by atoms with E-state index in [0.717, 1.165) is 11.1 Å². The number of aryl methyl sites for hydroxylation is 2. The van der Waals surface area contributed by atoms with Crippen molar-refractivity contribution in [2.45, 2.75) is 33.7 Å². The Morgan fingerprint density at radius 1 is 1.20 bits per heavy atom. The van der Waals surface area contributed by atoms with Crippen LogP contribution in [0.3, 0.4) is 0 Å². The van der Waals surface area contributed by atoms with Gasteiger partial charge >= 0.3 is 0 Å². The van der Waals surface area contributed by atoms with Crippen LogP contribution in [0.5, 0.6) is 0 Å². The summed E-state index contributed by atoms with van der Waals surface area (Å²) < 4.78 is 0. The molecule has 0 radical (unpaired) electrons. The number of rotatable bonds is 3. The van der Waals surface area contributed by atoms with Crippen LogP contribution in [0.4, 0.5) is 0 Å². The summed E-state index contributed by atoms with van der Waals surface area (Å²) in [6.07, 6.45) is 0. The molecule has 1 aromatic rings. The zero-order valence-electron chi connectivity index (χ0n) is 9.87. The van der Waals surface area contributed by atoms with E-state index in [1.807, 2.05) is 45.9 Å². The van der Waals surface area contributed by atoms with Crippen LogP contribution in [0.1, 0.15) is 35.3 Å². The SMILES string of the molecule is Cc1ccc(C(=O)C(N)C(C)C)cc1C. The fourth-order valence-electron chi connectivity index (χ4n) is 1.39. The summed E-state index contributed by atoms with van der Waals surface area (Å²) in [7, 11) is 0. The normalized spacial score (nSPS) is 12.9. The van der Waals surface area contributed by atoms with Crippen molar-refractivity contribution in [3.8, 4) is 0 Å². The molecule has 15 heavy (non-hydrogen) atoms. The lowest BCUT2D eigenvalue weighted by Gasteiger charge is -2.14. The van der Waals surface area contributed by atoms with Crippen LogP contribution in [-0.4, -0.2) is 11.8 Å². The van der Waals surface area contributed by atoms with Gasteiger partial charge in [0.15, 0.2) is 5.78 Å². The lowest BCUT2D eigenvalue weighted by molar-refractivity contribution is 0.0940. The van der Waals surface area contributed by atoms with Crippen LogP contribution in [0.2, 0.25) is 0 Å². The first-order valence-electron chi connectivity index (χ1n) is 5.30. The molecule has 1 unspecified atom stereocenters. The molecule has 1 aromatic carbocycles. The zero-order valence-corrected chi connectivity index (χ0v) is 9.87. The zero-order chi connectivity index (χ0) is 11.6. The molecule has 0 aliphatic heterocycles. The summed E-state index contributed by atoms with van der Waals surface area (Å²) in [4.78, 5) is 11.9. The lowest BCUT2D eigenvalue weighted by atomic mass is 9.94. The van der Waals surface area contributed by atoms with Gasteiger partial charge in [0, 0.05) is 5.56 Å². The van der Waals surface area contributed by atoms with Gasteiger partial charge in [0.05, 0.1) is 6.04 Å². The highest BCUT2D eigenvalue weighted by molar-refractivity contribution is 6.00. The molecule has 2 N–H and O–H groups in total. The molecule has 0 saturated heterocycles. The highest BCUT2D eigenvalue weighted by Crippen LogP contribution is 2.13. The van der Waals surface area contributed by atoms with Gasteiger partial charge in [-0.25, -0.2) is 0 Å². The van der Waals surface area contributed by atoms with Crippen LogP contribution in [0.25, 0.3) is 0 Å².